The maximum absolute atomic E-state index is 6.80. The molecular formula is C56H36N2O. The van der Waals surface area contributed by atoms with E-state index in [9.17, 15) is 0 Å². The monoisotopic (exact) mass is 752 g/mol. The van der Waals surface area contributed by atoms with E-state index in [-0.39, 0.29) is 0 Å². The topological polar surface area (TPSA) is 21.3 Å². The van der Waals surface area contributed by atoms with Gasteiger partial charge in [-0.3, -0.25) is 0 Å². The van der Waals surface area contributed by atoms with Gasteiger partial charge in [0.1, 0.15) is 11.2 Å². The van der Waals surface area contributed by atoms with Gasteiger partial charge in [-0.2, -0.15) is 0 Å². The van der Waals surface area contributed by atoms with Crippen molar-refractivity contribution in [3.8, 4) is 27.9 Å². The van der Waals surface area contributed by atoms with Gasteiger partial charge in [0.05, 0.1) is 16.7 Å². The molecule has 3 nitrogen and oxygen atoms in total. The first-order chi connectivity index (χ1) is 29.2. The molecule has 0 amide bonds. The molecule has 0 aliphatic rings. The van der Waals surface area contributed by atoms with Crippen LogP contribution in [0, 0.1) is 0 Å². The van der Waals surface area contributed by atoms with E-state index in [1.54, 1.807) is 0 Å². The Morgan fingerprint density at radius 2 is 0.966 bits per heavy atom. The summed E-state index contributed by atoms with van der Waals surface area (Å²) in [5.41, 5.74) is 13.2. The lowest BCUT2D eigenvalue weighted by atomic mass is 9.98. The van der Waals surface area contributed by atoms with Crippen LogP contribution < -0.4 is 4.90 Å². The van der Waals surface area contributed by atoms with Gasteiger partial charge in [-0.1, -0.05) is 146 Å². The zero-order valence-corrected chi connectivity index (χ0v) is 32.1. The van der Waals surface area contributed by atoms with E-state index in [4.69, 9.17) is 4.42 Å². The summed E-state index contributed by atoms with van der Waals surface area (Å²) in [6, 6.07) is 78.6. The van der Waals surface area contributed by atoms with Crippen LogP contribution in [-0.2, 0) is 0 Å². The minimum Gasteiger partial charge on any atom is -0.456 e. The van der Waals surface area contributed by atoms with Gasteiger partial charge in [0.15, 0.2) is 0 Å². The third-order valence-electron chi connectivity index (χ3n) is 11.9. The third kappa shape index (κ3) is 5.44. The van der Waals surface area contributed by atoms with Crippen LogP contribution in [0.25, 0.3) is 93.2 Å². The van der Waals surface area contributed by atoms with Crippen molar-refractivity contribution in [3.63, 3.8) is 0 Å². The molecule has 0 fully saturated rings. The van der Waals surface area contributed by atoms with Crippen molar-refractivity contribution in [2.75, 3.05) is 4.90 Å². The Bertz CT molecular complexity index is 3540. The molecule has 0 unspecified atom stereocenters. The van der Waals surface area contributed by atoms with Gasteiger partial charge in [-0.25, -0.2) is 0 Å². The molecule has 3 heteroatoms. The Labute approximate surface area is 341 Å². The third-order valence-corrected chi connectivity index (χ3v) is 11.9. The molecule has 0 N–H and O–H groups in total. The second-order valence-electron chi connectivity index (χ2n) is 15.3. The lowest BCUT2D eigenvalue weighted by Crippen LogP contribution is -2.10. The molecule has 0 atom stereocenters. The van der Waals surface area contributed by atoms with Gasteiger partial charge in [0.2, 0.25) is 0 Å². The average molecular weight is 753 g/mol. The summed E-state index contributed by atoms with van der Waals surface area (Å²) in [6.07, 6.45) is 0. The van der Waals surface area contributed by atoms with Gasteiger partial charge in [-0.05, 0) is 111 Å². The highest BCUT2D eigenvalue weighted by Gasteiger charge is 2.21. The summed E-state index contributed by atoms with van der Waals surface area (Å²) in [4.78, 5) is 2.40. The zero-order chi connectivity index (χ0) is 38.9. The largest absolute Gasteiger partial charge is 0.456 e. The normalized spacial score (nSPS) is 11.7. The highest BCUT2D eigenvalue weighted by molar-refractivity contribution is 6.23. The van der Waals surface area contributed by atoms with E-state index >= 15 is 0 Å². The van der Waals surface area contributed by atoms with Crippen molar-refractivity contribution in [2.24, 2.45) is 0 Å². The van der Waals surface area contributed by atoms with Gasteiger partial charge in [-0.15, -0.1) is 0 Å². The Hall–Kier alpha value is -7.88. The van der Waals surface area contributed by atoms with E-state index in [1.807, 2.05) is 0 Å². The molecule has 2 heterocycles. The fraction of sp³-hybridized carbons (Fsp3) is 0. The van der Waals surface area contributed by atoms with E-state index < -0.39 is 0 Å². The molecular weight excluding hydrogens is 717 g/mol. The van der Waals surface area contributed by atoms with Crippen LogP contribution in [0.4, 0.5) is 17.1 Å². The van der Waals surface area contributed by atoms with Crippen LogP contribution in [-0.4, -0.2) is 4.57 Å². The molecule has 12 rings (SSSR count). The Morgan fingerprint density at radius 3 is 1.81 bits per heavy atom. The fourth-order valence-electron chi connectivity index (χ4n) is 9.17. The average Bonchev–Trinajstić information content (AvgIpc) is 3.85. The highest BCUT2D eigenvalue weighted by atomic mass is 16.3. The number of rotatable bonds is 6. The molecule has 12 aromatic rings. The lowest BCUT2D eigenvalue weighted by Gasteiger charge is -2.27. The van der Waals surface area contributed by atoms with Crippen LogP contribution >= 0.6 is 0 Å². The molecule has 0 radical (unpaired) electrons. The molecule has 0 aliphatic heterocycles. The van der Waals surface area contributed by atoms with Crippen molar-refractivity contribution in [1.29, 1.82) is 0 Å². The second kappa shape index (κ2) is 13.4. The smallest absolute Gasteiger partial charge is 0.136 e. The van der Waals surface area contributed by atoms with E-state index in [2.05, 4.69) is 228 Å². The highest BCUT2D eigenvalue weighted by Crippen LogP contribution is 2.46. The summed E-state index contributed by atoms with van der Waals surface area (Å²) < 4.78 is 9.17. The zero-order valence-electron chi connectivity index (χ0n) is 32.1. The first-order valence-corrected chi connectivity index (χ1v) is 20.2. The summed E-state index contributed by atoms with van der Waals surface area (Å²) >= 11 is 0. The van der Waals surface area contributed by atoms with Crippen molar-refractivity contribution in [3.05, 3.63) is 218 Å². The minimum atomic E-state index is 0.868. The number of hydrogen-bond acceptors (Lipinski definition) is 2. The van der Waals surface area contributed by atoms with E-state index in [1.165, 1.54) is 43.7 Å². The molecule has 0 bridgehead atoms. The Kier molecular flexibility index (Phi) is 7.54. The molecule has 0 spiro atoms. The van der Waals surface area contributed by atoms with Crippen molar-refractivity contribution in [1.82, 2.24) is 4.57 Å². The van der Waals surface area contributed by atoms with Crippen LogP contribution in [0.3, 0.4) is 0 Å². The molecule has 59 heavy (non-hydrogen) atoms. The number of furan rings is 1. The summed E-state index contributed by atoms with van der Waals surface area (Å²) in [5.74, 6) is 0. The number of para-hydroxylation sites is 2. The van der Waals surface area contributed by atoms with Gasteiger partial charge >= 0.3 is 0 Å². The van der Waals surface area contributed by atoms with Gasteiger partial charge in [0, 0.05) is 44.0 Å². The molecule has 0 aliphatic carbocycles. The standard InChI is InChI=1S/C56H36N2O/c1-3-12-37(13-4-1)39-22-28-45(29-23-39)57(46-30-24-38-14-7-8-15-41(38)34-46)51-21-11-16-40-27-33-53-56(55(40)51)49-32-26-43(36-54(49)59-53)42-25-31-48-47-19-9-10-20-50(47)58(52(48)35-42)44-17-5-2-6-18-44/h1-36H. The number of nitrogens with zero attached hydrogens (tertiary/aromatic N) is 2. The van der Waals surface area contributed by atoms with Gasteiger partial charge < -0.3 is 13.9 Å². The van der Waals surface area contributed by atoms with Crippen molar-refractivity contribution < 1.29 is 4.42 Å². The van der Waals surface area contributed by atoms with Crippen molar-refractivity contribution in [2.45, 2.75) is 0 Å². The van der Waals surface area contributed by atoms with Crippen LogP contribution in [0.15, 0.2) is 223 Å². The number of anilines is 3. The molecule has 0 saturated heterocycles. The fourth-order valence-corrected chi connectivity index (χ4v) is 9.17. The summed E-state index contributed by atoms with van der Waals surface area (Å²) in [5, 5.41) is 9.43. The number of aromatic nitrogens is 1. The predicted molar refractivity (Wildman–Crippen MR) is 249 cm³/mol. The van der Waals surface area contributed by atoms with E-state index in [0.717, 1.165) is 66.6 Å². The first-order valence-electron chi connectivity index (χ1n) is 20.2. The summed E-state index contributed by atoms with van der Waals surface area (Å²) in [7, 11) is 0. The number of fused-ring (bicyclic) bond motifs is 9. The maximum atomic E-state index is 6.80. The van der Waals surface area contributed by atoms with Crippen LogP contribution in [0.5, 0.6) is 0 Å². The Balaban J connectivity index is 1.04. The summed E-state index contributed by atoms with van der Waals surface area (Å²) in [6.45, 7) is 0. The first kappa shape index (κ1) is 33.3. The van der Waals surface area contributed by atoms with Gasteiger partial charge in [0.25, 0.3) is 0 Å². The van der Waals surface area contributed by atoms with Crippen molar-refractivity contribution >= 4 is 82.4 Å². The second-order valence-corrected chi connectivity index (χ2v) is 15.3. The molecule has 276 valence electrons. The lowest BCUT2D eigenvalue weighted by molar-refractivity contribution is 0.669. The van der Waals surface area contributed by atoms with Crippen LogP contribution in [0.2, 0.25) is 0 Å². The molecule has 2 aromatic heterocycles. The minimum absolute atomic E-state index is 0.868. The Morgan fingerprint density at radius 1 is 0.339 bits per heavy atom. The number of hydrogen-bond donors (Lipinski definition) is 0. The quantitative estimate of drug-likeness (QED) is 0.169. The SMILES string of the molecule is c1ccc(-c2ccc(N(c3ccc4ccccc4c3)c3cccc4ccc5oc6cc(-c7ccc8c9ccccc9n(-c9ccccc9)c8c7)ccc6c5c34)cc2)cc1. The molecule has 10 aromatic carbocycles. The van der Waals surface area contributed by atoms with E-state index in [0.29, 0.717) is 0 Å². The number of benzene rings is 10. The van der Waals surface area contributed by atoms with Crippen LogP contribution in [0.1, 0.15) is 0 Å². The predicted octanol–water partition coefficient (Wildman–Crippen LogP) is 15.8. The maximum Gasteiger partial charge on any atom is 0.136 e. The molecule has 0 saturated carbocycles.